The topological polar surface area (TPSA) is 80.9 Å². The molecule has 20 heavy (non-hydrogen) atoms. The van der Waals surface area contributed by atoms with Crippen LogP contribution in [-0.4, -0.2) is 46.4 Å². The van der Waals surface area contributed by atoms with E-state index >= 15 is 0 Å². The van der Waals surface area contributed by atoms with Crippen molar-refractivity contribution in [2.24, 2.45) is 0 Å². The Labute approximate surface area is 141 Å². The van der Waals surface area contributed by atoms with Gasteiger partial charge in [0, 0.05) is 47.6 Å². The van der Waals surface area contributed by atoms with Crippen molar-refractivity contribution in [2.45, 2.75) is 79.2 Å². The second kappa shape index (κ2) is 42.7. The molecule has 0 aromatic carbocycles. The van der Waals surface area contributed by atoms with Crippen LogP contribution in [0.5, 0.6) is 0 Å². The van der Waals surface area contributed by atoms with Gasteiger partial charge in [-0.3, -0.25) is 0 Å². The van der Waals surface area contributed by atoms with Crippen LogP contribution in [0, 0.1) is 0 Å². The largest absolute Gasteiger partial charge is 0.396 e. The number of hydrogen-bond donors (Lipinski definition) is 4. The minimum atomic E-state index is -0.167. The molecule has 0 aliphatic carbocycles. The molecule has 0 aromatic heterocycles. The Morgan fingerprint density at radius 1 is 0.650 bits per heavy atom. The molecule has 0 aromatic rings. The van der Waals surface area contributed by atoms with Gasteiger partial charge in [-0.25, -0.2) is 0 Å². The van der Waals surface area contributed by atoms with Gasteiger partial charge >= 0.3 is 0 Å². The molecule has 0 atom stereocenters. The van der Waals surface area contributed by atoms with Crippen molar-refractivity contribution in [2.75, 3.05) is 19.8 Å². The molecule has 0 heterocycles. The Morgan fingerprint density at radius 3 is 0.800 bits per heavy atom. The van der Waals surface area contributed by atoms with E-state index in [0.717, 1.165) is 38.5 Å². The van der Waals surface area contributed by atoms with Crippen LogP contribution in [0.2, 0.25) is 0 Å². The second-order valence-corrected chi connectivity index (χ2v) is 4.33. The maximum absolute atomic E-state index is 8.07. The summed E-state index contributed by atoms with van der Waals surface area (Å²) in [4.78, 5) is 0. The summed E-state index contributed by atoms with van der Waals surface area (Å²) in [6.45, 7) is 10.6. The predicted molar refractivity (Wildman–Crippen MR) is 83.3 cm³/mol. The van der Waals surface area contributed by atoms with Gasteiger partial charge in [0.2, 0.25) is 0 Å². The maximum Gasteiger partial charge on any atom is 0.0483 e. The molecule has 0 fully saturated rings. The summed E-state index contributed by atoms with van der Waals surface area (Å²) < 4.78 is 0. The third-order valence-corrected chi connectivity index (χ3v) is 1.54. The van der Waals surface area contributed by atoms with Gasteiger partial charge < -0.3 is 20.4 Å². The average Bonchev–Trinajstić information content (AvgIpc) is 2.33. The van der Waals surface area contributed by atoms with Crippen molar-refractivity contribution >= 4 is 0 Å². The molecule has 0 saturated carbocycles. The molecule has 0 amide bonds. The van der Waals surface area contributed by atoms with E-state index in [-0.39, 0.29) is 27.8 Å². The molecule has 0 aliphatic heterocycles. The summed E-state index contributed by atoms with van der Waals surface area (Å²) in [5.41, 5.74) is 0. The fourth-order valence-electron chi connectivity index (χ4n) is 0.474. The van der Waals surface area contributed by atoms with Crippen molar-refractivity contribution in [1.29, 1.82) is 0 Å². The van der Waals surface area contributed by atoms with Gasteiger partial charge in [-0.05, 0) is 33.1 Å². The van der Waals surface area contributed by atoms with E-state index in [1.807, 2.05) is 0 Å². The van der Waals surface area contributed by atoms with Gasteiger partial charge in [-0.1, -0.05) is 40.0 Å². The van der Waals surface area contributed by atoms with E-state index in [9.17, 15) is 0 Å². The molecule has 126 valence electrons. The van der Waals surface area contributed by atoms with Crippen molar-refractivity contribution in [1.82, 2.24) is 0 Å². The van der Waals surface area contributed by atoms with Crippen LogP contribution in [0.1, 0.15) is 73.1 Å². The predicted octanol–water partition coefficient (Wildman–Crippen LogP) is 2.72. The molecule has 0 spiro atoms. The zero-order valence-corrected chi connectivity index (χ0v) is 15.8. The van der Waals surface area contributed by atoms with Gasteiger partial charge in [0.15, 0.2) is 0 Å². The summed E-state index contributed by atoms with van der Waals surface area (Å²) in [5, 5.41) is 32.3. The van der Waals surface area contributed by atoms with Gasteiger partial charge in [0.25, 0.3) is 0 Å². The molecular formula is C15H38O4Ti. The molecule has 4 nitrogen and oxygen atoms in total. The summed E-state index contributed by atoms with van der Waals surface area (Å²) in [6, 6.07) is 0. The molecule has 4 N–H and O–H groups in total. The minimum absolute atomic E-state index is 0. The number of unbranched alkanes of at least 4 members (excludes halogenated alkanes) is 3. The smallest absolute Gasteiger partial charge is 0.0483 e. The van der Waals surface area contributed by atoms with E-state index in [4.69, 9.17) is 20.4 Å². The monoisotopic (exact) mass is 330 g/mol. The fourth-order valence-corrected chi connectivity index (χ4v) is 0.474. The molecular weight excluding hydrogens is 292 g/mol. The zero-order chi connectivity index (χ0) is 15.9. The van der Waals surface area contributed by atoms with Crippen molar-refractivity contribution in [3.05, 3.63) is 0 Å². The van der Waals surface area contributed by atoms with Gasteiger partial charge in [-0.15, -0.1) is 0 Å². The van der Waals surface area contributed by atoms with Crippen LogP contribution < -0.4 is 0 Å². The Morgan fingerprint density at radius 2 is 0.800 bits per heavy atom. The van der Waals surface area contributed by atoms with E-state index in [1.54, 1.807) is 13.8 Å². The zero-order valence-electron chi connectivity index (χ0n) is 14.2. The Kier molecular flexibility index (Phi) is 69.4. The maximum atomic E-state index is 8.07. The van der Waals surface area contributed by atoms with Gasteiger partial charge in [0.05, 0.1) is 0 Å². The van der Waals surface area contributed by atoms with Crippen LogP contribution in [0.15, 0.2) is 0 Å². The van der Waals surface area contributed by atoms with Gasteiger partial charge in [0.1, 0.15) is 0 Å². The number of rotatable bonds is 6. The van der Waals surface area contributed by atoms with E-state index in [0.29, 0.717) is 19.8 Å². The van der Waals surface area contributed by atoms with E-state index < -0.39 is 0 Å². The third kappa shape index (κ3) is 133. The van der Waals surface area contributed by atoms with Crippen LogP contribution in [0.25, 0.3) is 0 Å². The second-order valence-electron chi connectivity index (χ2n) is 4.33. The third-order valence-electron chi connectivity index (χ3n) is 1.54. The van der Waals surface area contributed by atoms with Crippen molar-refractivity contribution in [3.63, 3.8) is 0 Å². The first-order valence-electron chi connectivity index (χ1n) is 7.48. The Bertz CT molecular complexity index is 80.9. The molecule has 0 unspecified atom stereocenters. The first kappa shape index (κ1) is 32.5. The normalized spacial score (nSPS) is 8.10. The van der Waals surface area contributed by atoms with E-state index in [2.05, 4.69) is 20.8 Å². The molecule has 0 saturated heterocycles. The SMILES string of the molecule is CC(C)O.CCCCO.CCCCO.CCCCO.[Ti]. The van der Waals surface area contributed by atoms with Crippen LogP contribution in [0.3, 0.4) is 0 Å². The van der Waals surface area contributed by atoms with Crippen LogP contribution in [0.4, 0.5) is 0 Å². The fraction of sp³-hybridized carbons (Fsp3) is 1.00. The molecule has 0 rings (SSSR count). The standard InChI is InChI=1S/3C4H10O.C3H8O.Ti/c3*1-2-3-4-5;1-3(2)4;/h3*5H,2-4H2,1H3;3-4H,1-2H3;. The van der Waals surface area contributed by atoms with E-state index in [1.165, 1.54) is 0 Å². The van der Waals surface area contributed by atoms with Crippen LogP contribution >= 0.6 is 0 Å². The van der Waals surface area contributed by atoms with Crippen LogP contribution in [-0.2, 0) is 21.7 Å². The van der Waals surface area contributed by atoms with Gasteiger partial charge in [-0.2, -0.15) is 0 Å². The first-order valence-corrected chi connectivity index (χ1v) is 7.48. The number of aliphatic hydroxyl groups is 4. The Balaban J connectivity index is -0.0000000494. The first-order chi connectivity index (χ1) is 8.97. The minimum Gasteiger partial charge on any atom is -0.396 e. The summed E-state index contributed by atoms with van der Waals surface area (Å²) in [7, 11) is 0. The molecule has 0 aliphatic rings. The number of hydrogen-bond acceptors (Lipinski definition) is 4. The summed E-state index contributed by atoms with van der Waals surface area (Å²) in [5.74, 6) is 0. The summed E-state index contributed by atoms with van der Waals surface area (Å²) >= 11 is 0. The quantitative estimate of drug-likeness (QED) is 0.565. The Hall–Kier alpha value is 0.554. The number of aliphatic hydroxyl groups excluding tert-OH is 4. The molecule has 0 bridgehead atoms. The molecule has 5 heteroatoms. The average molecular weight is 330 g/mol. The van der Waals surface area contributed by atoms with Crippen molar-refractivity contribution < 1.29 is 42.1 Å². The van der Waals surface area contributed by atoms with Crippen molar-refractivity contribution in [3.8, 4) is 0 Å². The summed E-state index contributed by atoms with van der Waals surface area (Å²) in [6.07, 6.45) is 5.95. The molecule has 0 radical (unpaired) electrons.